The minimum Gasteiger partial charge on any atom is -0.480 e. The summed E-state index contributed by atoms with van der Waals surface area (Å²) >= 11 is 0. The van der Waals surface area contributed by atoms with Gasteiger partial charge in [-0.3, -0.25) is 24.2 Å². The lowest BCUT2D eigenvalue weighted by Gasteiger charge is -2.25. The van der Waals surface area contributed by atoms with Gasteiger partial charge in [0.1, 0.15) is 18.6 Å². The lowest BCUT2D eigenvalue weighted by Crippen LogP contribution is -2.56. The molecule has 0 rings (SSSR count). The van der Waals surface area contributed by atoms with E-state index in [0.29, 0.717) is 25.8 Å². The third-order valence-corrected chi connectivity index (χ3v) is 4.64. The van der Waals surface area contributed by atoms with Crippen molar-refractivity contribution >= 4 is 29.7 Å². The number of aliphatic carboxylic acids is 1. The molecule has 0 aromatic heterocycles. The molecule has 0 fully saturated rings. The van der Waals surface area contributed by atoms with Gasteiger partial charge in [0.15, 0.2) is 5.96 Å². The highest BCUT2D eigenvalue weighted by molar-refractivity contribution is 5.93. The number of nitrogens with one attached hydrogen (secondary N) is 3. The molecule has 0 heterocycles. The van der Waals surface area contributed by atoms with Gasteiger partial charge in [0.05, 0.1) is 6.04 Å². The van der Waals surface area contributed by atoms with Crippen molar-refractivity contribution in [3.63, 3.8) is 0 Å². The fourth-order valence-corrected chi connectivity index (χ4v) is 2.95. The largest absolute Gasteiger partial charge is 0.480 e. The summed E-state index contributed by atoms with van der Waals surface area (Å²) in [5.41, 5.74) is 22.0. The second kappa shape index (κ2) is 16.7. The Morgan fingerprint density at radius 3 is 2.09 bits per heavy atom. The number of amides is 3. The minimum absolute atomic E-state index is 0.0387. The SMILES string of the molecule is CC(C)CC(NC(=O)C(CCCN=C(N)N)NC(=O)C(N)CCCCN)C(=O)NCC(=O)O. The van der Waals surface area contributed by atoms with Crippen LogP contribution in [0.3, 0.4) is 0 Å². The molecule has 0 aromatic rings. The Labute approximate surface area is 194 Å². The molecule has 0 saturated heterocycles. The Balaban J connectivity index is 5.30. The molecule has 13 heteroatoms. The number of rotatable bonds is 17. The quantitative estimate of drug-likeness (QED) is 0.0644. The number of nitrogens with zero attached hydrogens (tertiary/aromatic N) is 1. The summed E-state index contributed by atoms with van der Waals surface area (Å²) in [5, 5.41) is 16.3. The highest BCUT2D eigenvalue weighted by Gasteiger charge is 2.28. The van der Waals surface area contributed by atoms with Crippen LogP contribution in [0, 0.1) is 5.92 Å². The number of carboxylic acids is 1. The normalized spacial score (nSPS) is 13.5. The van der Waals surface area contributed by atoms with Gasteiger partial charge in [-0.25, -0.2) is 0 Å². The van der Waals surface area contributed by atoms with Crippen LogP contribution in [0.4, 0.5) is 0 Å². The van der Waals surface area contributed by atoms with Crippen molar-refractivity contribution in [1.82, 2.24) is 16.0 Å². The number of hydrogen-bond donors (Lipinski definition) is 8. The molecule has 3 amide bonds. The van der Waals surface area contributed by atoms with Crippen LogP contribution in [-0.2, 0) is 19.2 Å². The summed E-state index contributed by atoms with van der Waals surface area (Å²) in [6.07, 6.45) is 2.69. The van der Waals surface area contributed by atoms with Crippen molar-refractivity contribution in [1.29, 1.82) is 0 Å². The summed E-state index contributed by atoms with van der Waals surface area (Å²) in [5.74, 6) is -2.95. The van der Waals surface area contributed by atoms with Crippen LogP contribution in [0.2, 0.25) is 0 Å². The molecular formula is C20H40N8O5. The first-order valence-electron chi connectivity index (χ1n) is 11.1. The fourth-order valence-electron chi connectivity index (χ4n) is 2.95. The fraction of sp³-hybridized carbons (Fsp3) is 0.750. The van der Waals surface area contributed by atoms with E-state index in [0.717, 1.165) is 6.42 Å². The number of carbonyl (C=O) groups excluding carboxylic acids is 3. The van der Waals surface area contributed by atoms with E-state index >= 15 is 0 Å². The topological polar surface area (TPSA) is 241 Å². The maximum atomic E-state index is 13.0. The van der Waals surface area contributed by atoms with E-state index in [1.54, 1.807) is 0 Å². The average Bonchev–Trinajstić information content (AvgIpc) is 2.72. The molecule has 0 spiro atoms. The molecule has 12 N–H and O–H groups in total. The first-order chi connectivity index (χ1) is 15.5. The summed E-state index contributed by atoms with van der Waals surface area (Å²) in [6, 6.07) is -2.75. The predicted octanol–water partition coefficient (Wildman–Crippen LogP) is -2.29. The van der Waals surface area contributed by atoms with Gasteiger partial charge >= 0.3 is 5.97 Å². The van der Waals surface area contributed by atoms with Crippen molar-refractivity contribution in [2.45, 2.75) is 70.5 Å². The summed E-state index contributed by atoms with van der Waals surface area (Å²) in [4.78, 5) is 52.5. The summed E-state index contributed by atoms with van der Waals surface area (Å²) in [6.45, 7) is 3.89. The molecule has 0 bridgehead atoms. The van der Waals surface area contributed by atoms with Gasteiger partial charge in [0.25, 0.3) is 0 Å². The molecule has 190 valence electrons. The number of unbranched alkanes of at least 4 members (excludes halogenated alkanes) is 1. The van der Waals surface area contributed by atoms with Crippen LogP contribution in [0.1, 0.15) is 52.4 Å². The molecule has 33 heavy (non-hydrogen) atoms. The number of guanidine groups is 1. The van der Waals surface area contributed by atoms with Crippen molar-refractivity contribution in [2.24, 2.45) is 33.8 Å². The van der Waals surface area contributed by atoms with Crippen molar-refractivity contribution < 1.29 is 24.3 Å². The van der Waals surface area contributed by atoms with Gasteiger partial charge in [0, 0.05) is 6.54 Å². The lowest BCUT2D eigenvalue weighted by atomic mass is 10.0. The number of carbonyl (C=O) groups is 4. The zero-order chi connectivity index (χ0) is 25.4. The van der Waals surface area contributed by atoms with E-state index in [9.17, 15) is 19.2 Å². The zero-order valence-electron chi connectivity index (χ0n) is 19.5. The number of nitrogens with two attached hydrogens (primary N) is 4. The molecule has 0 aliphatic heterocycles. The molecule has 0 radical (unpaired) electrons. The second-order valence-corrected chi connectivity index (χ2v) is 8.20. The van der Waals surface area contributed by atoms with E-state index in [2.05, 4.69) is 20.9 Å². The Morgan fingerprint density at radius 1 is 0.909 bits per heavy atom. The van der Waals surface area contributed by atoms with Gasteiger partial charge in [-0.15, -0.1) is 0 Å². The maximum absolute atomic E-state index is 13.0. The molecule has 3 atom stereocenters. The van der Waals surface area contributed by atoms with E-state index in [1.807, 2.05) is 13.8 Å². The van der Waals surface area contributed by atoms with Gasteiger partial charge < -0.3 is 44.0 Å². The monoisotopic (exact) mass is 472 g/mol. The van der Waals surface area contributed by atoms with E-state index < -0.39 is 48.4 Å². The summed E-state index contributed by atoms with van der Waals surface area (Å²) < 4.78 is 0. The summed E-state index contributed by atoms with van der Waals surface area (Å²) in [7, 11) is 0. The molecule has 13 nitrogen and oxygen atoms in total. The van der Waals surface area contributed by atoms with Crippen LogP contribution in [0.5, 0.6) is 0 Å². The standard InChI is InChI=1S/C20H40N8O5/c1-12(2)10-15(18(32)26-11-16(29)30)28-19(33)14(7-5-9-25-20(23)24)27-17(31)13(22)6-3-4-8-21/h12-15H,3-11,21-22H2,1-2H3,(H,26,32)(H,27,31)(H,28,33)(H,29,30)(H4,23,24,25). The Hall–Kier alpha value is -2.93. The average molecular weight is 473 g/mol. The van der Waals surface area contributed by atoms with Crippen LogP contribution in [-0.4, -0.2) is 72.5 Å². The Bertz CT molecular complexity index is 667. The van der Waals surface area contributed by atoms with Crippen LogP contribution < -0.4 is 38.9 Å². The van der Waals surface area contributed by atoms with Gasteiger partial charge in [-0.2, -0.15) is 0 Å². The highest BCUT2D eigenvalue weighted by atomic mass is 16.4. The highest BCUT2D eigenvalue weighted by Crippen LogP contribution is 2.08. The second-order valence-electron chi connectivity index (χ2n) is 8.20. The van der Waals surface area contributed by atoms with Crippen LogP contribution in [0.15, 0.2) is 4.99 Å². The van der Waals surface area contributed by atoms with E-state index in [1.165, 1.54) is 0 Å². The first-order valence-corrected chi connectivity index (χ1v) is 11.1. The molecule has 0 aliphatic rings. The molecule has 0 saturated carbocycles. The van der Waals surface area contributed by atoms with Gasteiger partial charge in [-0.05, 0) is 44.6 Å². The maximum Gasteiger partial charge on any atom is 0.322 e. The molecular weight excluding hydrogens is 432 g/mol. The van der Waals surface area contributed by atoms with Gasteiger partial charge in [-0.1, -0.05) is 20.3 Å². The first kappa shape index (κ1) is 30.1. The lowest BCUT2D eigenvalue weighted by molar-refractivity contribution is -0.138. The van der Waals surface area contributed by atoms with E-state index in [4.69, 9.17) is 28.0 Å². The van der Waals surface area contributed by atoms with Crippen molar-refractivity contribution in [3.05, 3.63) is 0 Å². The number of carboxylic acid groups (broad SMARTS) is 1. The van der Waals surface area contributed by atoms with E-state index in [-0.39, 0.29) is 31.3 Å². The Kier molecular flexibility index (Phi) is 15.2. The predicted molar refractivity (Wildman–Crippen MR) is 125 cm³/mol. The van der Waals surface area contributed by atoms with Crippen LogP contribution in [0.25, 0.3) is 0 Å². The molecule has 0 aromatic carbocycles. The number of aliphatic imine (C=N–C) groups is 1. The Morgan fingerprint density at radius 2 is 1.55 bits per heavy atom. The molecule has 0 aliphatic carbocycles. The third kappa shape index (κ3) is 14.7. The number of hydrogen-bond acceptors (Lipinski definition) is 7. The smallest absolute Gasteiger partial charge is 0.322 e. The zero-order valence-corrected chi connectivity index (χ0v) is 19.5. The van der Waals surface area contributed by atoms with Gasteiger partial charge in [0.2, 0.25) is 17.7 Å². The minimum atomic E-state index is -1.20. The molecule has 3 unspecified atom stereocenters. The van der Waals surface area contributed by atoms with Crippen molar-refractivity contribution in [2.75, 3.05) is 19.6 Å². The third-order valence-electron chi connectivity index (χ3n) is 4.64. The van der Waals surface area contributed by atoms with Crippen LogP contribution >= 0.6 is 0 Å². The van der Waals surface area contributed by atoms with Crippen molar-refractivity contribution in [3.8, 4) is 0 Å².